The number of hydrogen-bond donors (Lipinski definition) is 0. The zero-order valence-corrected chi connectivity index (χ0v) is 20.1. The maximum Gasteiger partial charge on any atom is 0.410 e. The average molecular weight is 461 g/mol. The van der Waals surface area contributed by atoms with Crippen LogP contribution in [0, 0.1) is 0 Å². The number of aromatic nitrogens is 1. The molecule has 34 heavy (non-hydrogen) atoms. The standard InChI is InChI=1S/C28H32N2O4/c1-28(2,3)34-27(32)30-15-12-23-17-21(9-10-24(23)19-30)11-14-29-16-13-25(18-26(29)31)33-20-22-7-5-4-6-8-22/h4-10,13,16-18H,11-12,14-15,19-20H2,1-3H3. The van der Waals surface area contributed by atoms with Gasteiger partial charge in [-0.2, -0.15) is 0 Å². The van der Waals surface area contributed by atoms with E-state index in [9.17, 15) is 9.59 Å². The number of amides is 1. The molecule has 6 heteroatoms. The lowest BCUT2D eigenvalue weighted by Gasteiger charge is -2.31. The Bertz CT molecular complexity index is 1200. The van der Waals surface area contributed by atoms with Crippen molar-refractivity contribution in [3.8, 4) is 5.75 Å². The van der Waals surface area contributed by atoms with Crippen molar-refractivity contribution in [3.63, 3.8) is 0 Å². The Morgan fingerprint density at radius 1 is 0.971 bits per heavy atom. The van der Waals surface area contributed by atoms with E-state index in [1.807, 2.05) is 57.2 Å². The second kappa shape index (κ2) is 10.2. The molecule has 0 saturated heterocycles. The van der Waals surface area contributed by atoms with Crippen molar-refractivity contribution in [1.82, 2.24) is 9.47 Å². The van der Waals surface area contributed by atoms with Crippen molar-refractivity contribution in [3.05, 3.63) is 99.5 Å². The molecule has 0 spiro atoms. The van der Waals surface area contributed by atoms with E-state index in [4.69, 9.17) is 9.47 Å². The van der Waals surface area contributed by atoms with Crippen LogP contribution in [0.25, 0.3) is 0 Å². The van der Waals surface area contributed by atoms with Crippen molar-refractivity contribution in [1.29, 1.82) is 0 Å². The summed E-state index contributed by atoms with van der Waals surface area (Å²) in [6, 6.07) is 19.6. The lowest BCUT2D eigenvalue weighted by atomic mass is 9.96. The number of aryl methyl sites for hydroxylation is 2. The molecule has 0 unspecified atom stereocenters. The summed E-state index contributed by atoms with van der Waals surface area (Å²) in [4.78, 5) is 26.7. The van der Waals surface area contributed by atoms with Gasteiger partial charge in [0.2, 0.25) is 0 Å². The van der Waals surface area contributed by atoms with Gasteiger partial charge in [0.05, 0.1) is 0 Å². The average Bonchev–Trinajstić information content (AvgIpc) is 2.81. The van der Waals surface area contributed by atoms with Crippen molar-refractivity contribution < 1.29 is 14.3 Å². The Kier molecular flexibility index (Phi) is 7.06. The SMILES string of the molecule is CC(C)(C)OC(=O)N1CCc2cc(CCn3ccc(OCc4ccccc4)cc3=O)ccc2C1. The van der Waals surface area contributed by atoms with E-state index in [2.05, 4.69) is 18.2 Å². The van der Waals surface area contributed by atoms with Gasteiger partial charge in [-0.1, -0.05) is 48.5 Å². The Labute approximate surface area is 200 Å². The molecule has 0 bridgehead atoms. The summed E-state index contributed by atoms with van der Waals surface area (Å²) in [5, 5.41) is 0. The van der Waals surface area contributed by atoms with E-state index in [0.717, 1.165) is 24.0 Å². The molecule has 0 fully saturated rings. The van der Waals surface area contributed by atoms with E-state index in [-0.39, 0.29) is 11.7 Å². The highest BCUT2D eigenvalue weighted by Gasteiger charge is 2.25. The van der Waals surface area contributed by atoms with E-state index in [0.29, 0.717) is 32.0 Å². The van der Waals surface area contributed by atoms with Crippen LogP contribution in [0.4, 0.5) is 4.79 Å². The molecule has 2 aromatic carbocycles. The molecule has 2 heterocycles. The van der Waals surface area contributed by atoms with Crippen LogP contribution in [0.15, 0.2) is 71.7 Å². The molecule has 1 aliphatic rings. The largest absolute Gasteiger partial charge is 0.489 e. The number of pyridine rings is 1. The van der Waals surface area contributed by atoms with Gasteiger partial charge < -0.3 is 18.9 Å². The first-order chi connectivity index (χ1) is 16.3. The monoisotopic (exact) mass is 460 g/mol. The van der Waals surface area contributed by atoms with E-state index < -0.39 is 5.60 Å². The predicted molar refractivity (Wildman–Crippen MR) is 132 cm³/mol. The third-order valence-corrected chi connectivity index (χ3v) is 5.79. The molecular formula is C28H32N2O4. The molecule has 1 amide bonds. The number of benzene rings is 2. The third-order valence-electron chi connectivity index (χ3n) is 5.79. The van der Waals surface area contributed by atoms with Crippen LogP contribution < -0.4 is 10.3 Å². The zero-order valence-electron chi connectivity index (χ0n) is 20.1. The lowest BCUT2D eigenvalue weighted by Crippen LogP contribution is -2.39. The first-order valence-electron chi connectivity index (χ1n) is 11.7. The van der Waals surface area contributed by atoms with Crippen LogP contribution in [0.2, 0.25) is 0 Å². The molecule has 4 rings (SSSR count). The fraction of sp³-hybridized carbons (Fsp3) is 0.357. The number of carbonyl (C=O) groups excluding carboxylic acids is 1. The van der Waals surface area contributed by atoms with Gasteiger partial charge in [-0.25, -0.2) is 4.79 Å². The Balaban J connectivity index is 1.33. The number of hydrogen-bond acceptors (Lipinski definition) is 4. The molecule has 1 aromatic heterocycles. The molecular weight excluding hydrogens is 428 g/mol. The van der Waals surface area contributed by atoms with Crippen LogP contribution in [0.3, 0.4) is 0 Å². The number of carbonyl (C=O) groups is 1. The maximum absolute atomic E-state index is 12.5. The Hall–Kier alpha value is -3.54. The minimum atomic E-state index is -0.495. The smallest absolute Gasteiger partial charge is 0.410 e. The molecule has 0 N–H and O–H groups in total. The second-order valence-electron chi connectivity index (χ2n) is 9.67. The minimum Gasteiger partial charge on any atom is -0.489 e. The van der Waals surface area contributed by atoms with Gasteiger partial charge in [-0.05, 0) is 61.9 Å². The van der Waals surface area contributed by atoms with Crippen molar-refractivity contribution in [2.75, 3.05) is 6.54 Å². The summed E-state index contributed by atoms with van der Waals surface area (Å²) in [7, 11) is 0. The number of nitrogens with zero attached hydrogens (tertiary/aromatic N) is 2. The highest BCUT2D eigenvalue weighted by molar-refractivity contribution is 5.68. The van der Waals surface area contributed by atoms with Gasteiger partial charge in [0.1, 0.15) is 18.0 Å². The van der Waals surface area contributed by atoms with Gasteiger partial charge >= 0.3 is 6.09 Å². The second-order valence-corrected chi connectivity index (χ2v) is 9.67. The topological polar surface area (TPSA) is 60.8 Å². The summed E-state index contributed by atoms with van der Waals surface area (Å²) in [5.41, 5.74) is 4.09. The fourth-order valence-electron chi connectivity index (χ4n) is 4.00. The number of rotatable bonds is 6. The van der Waals surface area contributed by atoms with E-state index >= 15 is 0 Å². The van der Waals surface area contributed by atoms with Crippen LogP contribution in [0.5, 0.6) is 5.75 Å². The third kappa shape index (κ3) is 6.28. The highest BCUT2D eigenvalue weighted by Crippen LogP contribution is 2.23. The van der Waals surface area contributed by atoms with E-state index in [1.54, 1.807) is 21.7 Å². The van der Waals surface area contributed by atoms with Gasteiger partial charge in [0.25, 0.3) is 5.56 Å². The van der Waals surface area contributed by atoms with Crippen LogP contribution in [-0.4, -0.2) is 27.7 Å². The van der Waals surface area contributed by atoms with Crippen molar-refractivity contribution >= 4 is 6.09 Å². The zero-order chi connectivity index (χ0) is 24.1. The number of ether oxygens (including phenoxy) is 2. The molecule has 3 aromatic rings. The summed E-state index contributed by atoms with van der Waals surface area (Å²) in [6.07, 6.45) is 3.08. The summed E-state index contributed by atoms with van der Waals surface area (Å²) < 4.78 is 13.0. The van der Waals surface area contributed by atoms with E-state index in [1.165, 1.54) is 11.1 Å². The Morgan fingerprint density at radius 3 is 2.50 bits per heavy atom. The minimum absolute atomic E-state index is 0.0727. The summed E-state index contributed by atoms with van der Waals surface area (Å²) in [5.74, 6) is 0.577. The van der Waals surface area contributed by atoms with Gasteiger partial charge in [-0.3, -0.25) is 4.79 Å². The number of fused-ring (bicyclic) bond motifs is 1. The first-order valence-corrected chi connectivity index (χ1v) is 11.7. The Morgan fingerprint density at radius 2 is 1.76 bits per heavy atom. The molecule has 1 aliphatic heterocycles. The quantitative estimate of drug-likeness (QED) is 0.522. The molecule has 178 valence electrons. The summed E-state index contributed by atoms with van der Waals surface area (Å²) in [6.45, 7) is 7.89. The van der Waals surface area contributed by atoms with Crippen LogP contribution in [0.1, 0.15) is 43.0 Å². The normalized spacial score (nSPS) is 13.3. The van der Waals surface area contributed by atoms with Crippen LogP contribution in [-0.2, 0) is 37.3 Å². The molecule has 0 saturated carbocycles. The van der Waals surface area contributed by atoms with Gasteiger partial charge in [0.15, 0.2) is 0 Å². The van der Waals surface area contributed by atoms with Crippen LogP contribution >= 0.6 is 0 Å². The predicted octanol–water partition coefficient (Wildman–Crippen LogP) is 4.96. The van der Waals surface area contributed by atoms with Gasteiger partial charge in [0, 0.05) is 31.9 Å². The first kappa shape index (κ1) is 23.6. The fourth-order valence-corrected chi connectivity index (χ4v) is 4.00. The lowest BCUT2D eigenvalue weighted by molar-refractivity contribution is 0.0224. The molecule has 6 nitrogen and oxygen atoms in total. The van der Waals surface area contributed by atoms with Crippen molar-refractivity contribution in [2.24, 2.45) is 0 Å². The highest BCUT2D eigenvalue weighted by atomic mass is 16.6. The maximum atomic E-state index is 12.5. The summed E-state index contributed by atoms with van der Waals surface area (Å²) >= 11 is 0. The molecule has 0 aliphatic carbocycles. The molecule has 0 atom stereocenters. The van der Waals surface area contributed by atoms with Crippen molar-refractivity contribution in [2.45, 2.75) is 58.9 Å². The van der Waals surface area contributed by atoms with Gasteiger partial charge in [-0.15, -0.1) is 0 Å². The molecule has 0 radical (unpaired) electrons.